The van der Waals surface area contributed by atoms with Gasteiger partial charge in [0.15, 0.2) is 5.78 Å². The molecule has 1 amide bonds. The Labute approximate surface area is 186 Å². The maximum absolute atomic E-state index is 13.3. The third kappa shape index (κ3) is 5.69. The maximum atomic E-state index is 13.3. The van der Waals surface area contributed by atoms with Gasteiger partial charge < -0.3 is 4.90 Å². The van der Waals surface area contributed by atoms with Gasteiger partial charge in [-0.05, 0) is 38.0 Å². The first-order chi connectivity index (χ1) is 15.2. The number of H-pyrrole nitrogens is 1. The lowest BCUT2D eigenvalue weighted by atomic mass is 9.92. The summed E-state index contributed by atoms with van der Waals surface area (Å²) in [5.74, 6) is -1.02. The van der Waals surface area contributed by atoms with E-state index in [0.29, 0.717) is 12.0 Å². The van der Waals surface area contributed by atoms with Crippen LogP contribution in [0.15, 0.2) is 70.4 Å². The standard InChI is InChI=1S/C25H27N3O4/c1-17-9-11-21(12-10-17)27(3)24(31)20(13-19-7-5-4-6-8-19)14-22(29)16-28-15-18(2)23(30)26-25(28)32/h4-12,15,20H,13-14,16H2,1-3H3,(H,26,30,32)/t20-/m1/s1. The number of nitrogens with zero attached hydrogens (tertiary/aromatic N) is 2. The number of hydrogen-bond donors (Lipinski definition) is 1. The molecule has 2 aromatic carbocycles. The van der Waals surface area contributed by atoms with Crippen LogP contribution < -0.4 is 16.1 Å². The second kappa shape index (κ2) is 10.0. The van der Waals surface area contributed by atoms with Gasteiger partial charge in [-0.1, -0.05) is 48.0 Å². The van der Waals surface area contributed by atoms with Crippen molar-refractivity contribution in [3.63, 3.8) is 0 Å². The van der Waals surface area contributed by atoms with Crippen LogP contribution in [0.2, 0.25) is 0 Å². The summed E-state index contributed by atoms with van der Waals surface area (Å²) in [7, 11) is 1.70. The molecule has 32 heavy (non-hydrogen) atoms. The molecule has 1 heterocycles. The summed E-state index contributed by atoms with van der Waals surface area (Å²) in [6.07, 6.45) is 1.75. The lowest BCUT2D eigenvalue weighted by Gasteiger charge is -2.24. The van der Waals surface area contributed by atoms with Gasteiger partial charge in [-0.2, -0.15) is 0 Å². The van der Waals surface area contributed by atoms with Crippen molar-refractivity contribution in [2.75, 3.05) is 11.9 Å². The molecule has 0 spiro atoms. The molecule has 0 unspecified atom stereocenters. The first kappa shape index (κ1) is 22.9. The Balaban J connectivity index is 1.82. The SMILES string of the molecule is Cc1ccc(N(C)C(=O)[C@@H](CC(=O)Cn2cc(C)c(=O)[nH]c2=O)Cc2ccccc2)cc1. The van der Waals surface area contributed by atoms with Gasteiger partial charge in [-0.15, -0.1) is 0 Å². The monoisotopic (exact) mass is 433 g/mol. The third-order valence-corrected chi connectivity index (χ3v) is 5.44. The predicted molar refractivity (Wildman–Crippen MR) is 124 cm³/mol. The number of nitrogens with one attached hydrogen (secondary N) is 1. The third-order valence-electron chi connectivity index (χ3n) is 5.44. The summed E-state index contributed by atoms with van der Waals surface area (Å²) < 4.78 is 1.17. The van der Waals surface area contributed by atoms with Gasteiger partial charge in [-0.25, -0.2) is 4.79 Å². The number of carbonyl (C=O) groups excluding carboxylic acids is 2. The number of aryl methyl sites for hydroxylation is 2. The quantitative estimate of drug-likeness (QED) is 0.591. The van der Waals surface area contributed by atoms with Crippen LogP contribution in [0.4, 0.5) is 5.69 Å². The Morgan fingerprint density at radius 1 is 1.00 bits per heavy atom. The van der Waals surface area contributed by atoms with E-state index in [2.05, 4.69) is 4.98 Å². The van der Waals surface area contributed by atoms with E-state index >= 15 is 0 Å². The van der Waals surface area contributed by atoms with Crippen LogP contribution in [0.1, 0.15) is 23.1 Å². The van der Waals surface area contributed by atoms with Crippen LogP contribution in [0, 0.1) is 19.8 Å². The minimum atomic E-state index is -0.642. The molecule has 0 aliphatic rings. The highest BCUT2D eigenvalue weighted by atomic mass is 16.2. The van der Waals surface area contributed by atoms with Gasteiger partial charge in [0.1, 0.15) is 0 Å². The molecule has 0 radical (unpaired) electrons. The zero-order chi connectivity index (χ0) is 23.3. The molecule has 3 aromatic rings. The van der Waals surface area contributed by atoms with Crippen LogP contribution in [-0.2, 0) is 22.6 Å². The highest BCUT2D eigenvalue weighted by Crippen LogP contribution is 2.21. The molecule has 0 fully saturated rings. The van der Waals surface area contributed by atoms with Crippen molar-refractivity contribution in [2.24, 2.45) is 5.92 Å². The number of carbonyl (C=O) groups is 2. The van der Waals surface area contributed by atoms with Crippen LogP contribution in [0.5, 0.6) is 0 Å². The van der Waals surface area contributed by atoms with Crippen molar-refractivity contribution in [1.29, 1.82) is 0 Å². The molecule has 3 rings (SSSR count). The Morgan fingerprint density at radius 2 is 1.66 bits per heavy atom. The molecule has 1 N–H and O–H groups in total. The second-order valence-corrected chi connectivity index (χ2v) is 8.06. The second-order valence-electron chi connectivity index (χ2n) is 8.06. The van der Waals surface area contributed by atoms with Gasteiger partial charge in [0.2, 0.25) is 5.91 Å². The lowest BCUT2D eigenvalue weighted by molar-refractivity contribution is -0.127. The Hall–Kier alpha value is -3.74. The molecule has 7 nitrogen and oxygen atoms in total. The number of ketones is 1. The van der Waals surface area contributed by atoms with E-state index < -0.39 is 17.2 Å². The molecule has 0 aliphatic heterocycles. The average molecular weight is 434 g/mol. The number of hydrogen-bond acceptors (Lipinski definition) is 4. The number of aromatic nitrogens is 2. The first-order valence-electron chi connectivity index (χ1n) is 10.4. The van der Waals surface area contributed by atoms with Gasteiger partial charge >= 0.3 is 5.69 Å². The highest BCUT2D eigenvalue weighted by Gasteiger charge is 2.26. The molecule has 1 aromatic heterocycles. The molecule has 1 atom stereocenters. The van der Waals surface area contributed by atoms with Gasteiger partial charge in [0, 0.05) is 36.8 Å². The molecule has 7 heteroatoms. The summed E-state index contributed by atoms with van der Waals surface area (Å²) in [5.41, 5.74) is 2.01. The fourth-order valence-electron chi connectivity index (χ4n) is 3.58. The highest BCUT2D eigenvalue weighted by molar-refractivity contribution is 5.97. The Morgan fingerprint density at radius 3 is 2.31 bits per heavy atom. The van der Waals surface area contributed by atoms with E-state index in [4.69, 9.17) is 0 Å². The van der Waals surface area contributed by atoms with E-state index in [1.54, 1.807) is 18.9 Å². The molecular weight excluding hydrogens is 406 g/mol. The number of anilines is 1. The van der Waals surface area contributed by atoms with Gasteiger partial charge in [-0.3, -0.25) is 23.9 Å². The number of aromatic amines is 1. The van der Waals surface area contributed by atoms with Crippen LogP contribution >= 0.6 is 0 Å². The number of benzene rings is 2. The zero-order valence-corrected chi connectivity index (χ0v) is 18.5. The predicted octanol–water partition coefficient (Wildman–Crippen LogP) is 2.63. The van der Waals surface area contributed by atoms with E-state index in [1.807, 2.05) is 61.5 Å². The van der Waals surface area contributed by atoms with Crippen molar-refractivity contribution in [3.8, 4) is 0 Å². The van der Waals surface area contributed by atoms with Crippen molar-refractivity contribution in [3.05, 3.63) is 98.3 Å². The minimum Gasteiger partial charge on any atom is -0.315 e. The summed E-state index contributed by atoms with van der Waals surface area (Å²) in [4.78, 5) is 53.6. The van der Waals surface area contributed by atoms with E-state index in [9.17, 15) is 19.2 Å². The van der Waals surface area contributed by atoms with Crippen molar-refractivity contribution in [1.82, 2.24) is 9.55 Å². The number of Topliss-reactive ketones (excluding diaryl/α,β-unsaturated/α-hetero) is 1. The zero-order valence-electron chi connectivity index (χ0n) is 18.5. The van der Waals surface area contributed by atoms with E-state index in [-0.39, 0.29) is 24.7 Å². The smallest absolute Gasteiger partial charge is 0.315 e. The summed E-state index contributed by atoms with van der Waals surface area (Å²) in [5, 5.41) is 0. The van der Waals surface area contributed by atoms with Crippen LogP contribution in [0.3, 0.4) is 0 Å². The van der Waals surface area contributed by atoms with Crippen molar-refractivity contribution in [2.45, 2.75) is 33.2 Å². The maximum Gasteiger partial charge on any atom is 0.328 e. The Bertz CT molecular complexity index is 1210. The fraction of sp³-hybridized carbons (Fsp3) is 0.280. The molecule has 166 valence electrons. The fourth-order valence-corrected chi connectivity index (χ4v) is 3.58. The molecule has 0 saturated carbocycles. The van der Waals surface area contributed by atoms with Crippen LogP contribution in [-0.4, -0.2) is 28.3 Å². The molecule has 0 saturated heterocycles. The molecule has 0 bridgehead atoms. The molecular formula is C25H27N3O4. The minimum absolute atomic E-state index is 0.0193. The van der Waals surface area contributed by atoms with E-state index in [1.165, 1.54) is 10.8 Å². The van der Waals surface area contributed by atoms with Crippen molar-refractivity contribution < 1.29 is 9.59 Å². The average Bonchev–Trinajstić information content (AvgIpc) is 2.77. The van der Waals surface area contributed by atoms with E-state index in [0.717, 1.165) is 16.8 Å². The number of amides is 1. The van der Waals surface area contributed by atoms with Gasteiger partial charge in [0.05, 0.1) is 6.54 Å². The van der Waals surface area contributed by atoms with Gasteiger partial charge in [0.25, 0.3) is 5.56 Å². The lowest BCUT2D eigenvalue weighted by Crippen LogP contribution is -2.37. The number of rotatable bonds is 8. The summed E-state index contributed by atoms with van der Waals surface area (Å²) in [6.45, 7) is 3.34. The molecule has 0 aliphatic carbocycles. The summed E-state index contributed by atoms with van der Waals surface area (Å²) in [6, 6.07) is 17.1. The van der Waals surface area contributed by atoms with Crippen LogP contribution in [0.25, 0.3) is 0 Å². The first-order valence-corrected chi connectivity index (χ1v) is 10.4. The summed E-state index contributed by atoms with van der Waals surface area (Å²) >= 11 is 0. The topological polar surface area (TPSA) is 92.2 Å². The Kier molecular flexibility index (Phi) is 7.20. The van der Waals surface area contributed by atoms with Crippen molar-refractivity contribution >= 4 is 17.4 Å². The largest absolute Gasteiger partial charge is 0.328 e. The normalized spacial score (nSPS) is 11.7.